The van der Waals surface area contributed by atoms with E-state index in [1.807, 2.05) is 0 Å². The van der Waals surface area contributed by atoms with Gasteiger partial charge in [0.15, 0.2) is 0 Å². The summed E-state index contributed by atoms with van der Waals surface area (Å²) in [6.07, 6.45) is 0.383. The molecule has 0 spiro atoms. The molecule has 0 aliphatic carbocycles. The molecule has 0 saturated carbocycles. The molecule has 0 heterocycles. The number of aliphatic imine (C=N–C) groups is 1. The number of hydrogen-bond acceptors (Lipinski definition) is 3. The van der Waals surface area contributed by atoms with E-state index in [4.69, 9.17) is 0 Å². The van der Waals surface area contributed by atoms with Crippen molar-refractivity contribution < 1.29 is 13.2 Å². The lowest BCUT2D eigenvalue weighted by Gasteiger charge is -2.02. The van der Waals surface area contributed by atoms with Crippen LogP contribution in [-0.4, -0.2) is 23.0 Å². The molecule has 0 fully saturated rings. The van der Waals surface area contributed by atoms with Crippen LogP contribution >= 0.6 is 24.0 Å². The summed E-state index contributed by atoms with van der Waals surface area (Å²) in [4.78, 5) is 3.48. The molecule has 6 heteroatoms. The van der Waals surface area contributed by atoms with E-state index in [1.54, 1.807) is 0 Å². The highest BCUT2D eigenvalue weighted by molar-refractivity contribution is 8.00. The maximum absolute atomic E-state index is 11.5. The van der Waals surface area contributed by atoms with Crippen LogP contribution in [0.3, 0.4) is 0 Å². The van der Waals surface area contributed by atoms with E-state index in [-0.39, 0.29) is 17.5 Å². The number of isothiocyanates is 1. The lowest BCUT2D eigenvalue weighted by molar-refractivity contribution is -0.0327. The van der Waals surface area contributed by atoms with E-state index in [2.05, 4.69) is 22.4 Å². The summed E-state index contributed by atoms with van der Waals surface area (Å²) in [6.45, 7) is 0.326. The van der Waals surface area contributed by atoms with Crippen molar-refractivity contribution in [1.29, 1.82) is 0 Å². The molecule has 0 unspecified atom stereocenters. The number of thiocarbonyl (C=S) groups is 1. The van der Waals surface area contributed by atoms with E-state index in [0.717, 1.165) is 0 Å². The first-order valence-electron chi connectivity index (χ1n) is 2.80. The molecule has 0 bridgehead atoms. The third kappa shape index (κ3) is 9.94. The first kappa shape index (κ1) is 10.9. The minimum Gasteiger partial charge on any atom is -0.233 e. The lowest BCUT2D eigenvalue weighted by Crippen LogP contribution is -2.01. The highest BCUT2D eigenvalue weighted by Crippen LogP contribution is 2.30. The Morgan fingerprint density at radius 3 is 2.55 bits per heavy atom. The summed E-state index contributed by atoms with van der Waals surface area (Å²) >= 11 is 4.19. The number of alkyl halides is 3. The number of hydrogen-bond donors (Lipinski definition) is 0. The Bertz CT molecular complexity index is 150. The number of thioether (sulfide) groups is 1. The standard InChI is InChI=1S/C5H6F3NS2/c6-5(7,8)11-3-1-2-9-4-10/h1-3H2. The van der Waals surface area contributed by atoms with Crippen LogP contribution in [0.5, 0.6) is 0 Å². The van der Waals surface area contributed by atoms with Gasteiger partial charge in [-0.05, 0) is 18.6 Å². The van der Waals surface area contributed by atoms with Gasteiger partial charge >= 0.3 is 5.51 Å². The summed E-state index contributed by atoms with van der Waals surface area (Å²) in [5, 5.41) is 2.08. The van der Waals surface area contributed by atoms with E-state index < -0.39 is 5.51 Å². The van der Waals surface area contributed by atoms with Crippen molar-refractivity contribution >= 4 is 29.1 Å². The van der Waals surface area contributed by atoms with Gasteiger partial charge in [0.2, 0.25) is 0 Å². The molecule has 0 N–H and O–H groups in total. The molecule has 11 heavy (non-hydrogen) atoms. The lowest BCUT2D eigenvalue weighted by atomic mass is 10.5. The number of halogens is 3. The highest BCUT2D eigenvalue weighted by atomic mass is 32.2. The zero-order valence-corrected chi connectivity index (χ0v) is 7.15. The maximum Gasteiger partial charge on any atom is 0.441 e. The predicted octanol–water partition coefficient (Wildman–Crippen LogP) is 2.73. The molecule has 0 aliphatic rings. The Hall–Kier alpha value is -0.0600. The molecule has 0 atom stereocenters. The van der Waals surface area contributed by atoms with Gasteiger partial charge in [0.05, 0.1) is 11.7 Å². The average molecular weight is 201 g/mol. The Balaban J connectivity index is 3.21. The van der Waals surface area contributed by atoms with Crippen molar-refractivity contribution in [3.05, 3.63) is 0 Å². The molecule has 0 aromatic carbocycles. The van der Waals surface area contributed by atoms with Crippen molar-refractivity contribution in [3.8, 4) is 0 Å². The first-order chi connectivity index (χ1) is 5.06. The van der Waals surface area contributed by atoms with Gasteiger partial charge in [0, 0.05) is 5.75 Å². The second kappa shape index (κ2) is 5.57. The number of nitrogens with zero attached hydrogens (tertiary/aromatic N) is 1. The van der Waals surface area contributed by atoms with Crippen LogP contribution in [0, 0.1) is 0 Å². The van der Waals surface area contributed by atoms with Gasteiger partial charge in [0.1, 0.15) is 0 Å². The van der Waals surface area contributed by atoms with Crippen molar-refractivity contribution in [1.82, 2.24) is 0 Å². The summed E-state index contributed by atoms with van der Waals surface area (Å²) in [5.41, 5.74) is -4.12. The zero-order valence-electron chi connectivity index (χ0n) is 5.52. The Morgan fingerprint density at radius 2 is 2.09 bits per heavy atom. The Labute approximate surface area is 72.1 Å². The molecule has 0 aromatic heterocycles. The van der Waals surface area contributed by atoms with Crippen molar-refractivity contribution in [2.45, 2.75) is 11.9 Å². The number of rotatable bonds is 4. The quantitative estimate of drug-likeness (QED) is 0.394. The van der Waals surface area contributed by atoms with Crippen LogP contribution in [0.1, 0.15) is 6.42 Å². The fourth-order valence-electron chi connectivity index (χ4n) is 0.377. The molecule has 1 nitrogen and oxygen atoms in total. The summed E-state index contributed by atoms with van der Waals surface area (Å²) in [6, 6.07) is 0. The monoisotopic (exact) mass is 201 g/mol. The van der Waals surface area contributed by atoms with Gasteiger partial charge < -0.3 is 0 Å². The van der Waals surface area contributed by atoms with Crippen LogP contribution in [0.2, 0.25) is 0 Å². The second-order valence-corrected chi connectivity index (χ2v) is 2.96. The fourth-order valence-corrected chi connectivity index (χ4v) is 0.973. The Kier molecular flexibility index (Phi) is 5.54. The molecule has 0 radical (unpaired) electrons. The zero-order chi connectivity index (χ0) is 8.74. The maximum atomic E-state index is 11.5. The minimum atomic E-state index is -4.12. The third-order valence-corrected chi connectivity index (χ3v) is 1.69. The van der Waals surface area contributed by atoms with Gasteiger partial charge in [-0.3, -0.25) is 0 Å². The van der Waals surface area contributed by atoms with Gasteiger partial charge in [-0.2, -0.15) is 13.2 Å². The van der Waals surface area contributed by atoms with Crippen LogP contribution in [0.4, 0.5) is 13.2 Å². The predicted molar refractivity (Wildman–Crippen MR) is 43.0 cm³/mol. The highest BCUT2D eigenvalue weighted by Gasteiger charge is 2.27. The minimum absolute atomic E-state index is 0.0318. The summed E-state index contributed by atoms with van der Waals surface area (Å²) < 4.78 is 34.4. The largest absolute Gasteiger partial charge is 0.441 e. The van der Waals surface area contributed by atoms with Gasteiger partial charge in [-0.25, -0.2) is 4.99 Å². The molecule has 0 aliphatic heterocycles. The second-order valence-electron chi connectivity index (χ2n) is 1.62. The smallest absolute Gasteiger partial charge is 0.233 e. The summed E-state index contributed by atoms with van der Waals surface area (Å²) in [7, 11) is 0. The first-order valence-corrected chi connectivity index (χ1v) is 4.20. The molecular weight excluding hydrogens is 195 g/mol. The molecule has 64 valence electrons. The average Bonchev–Trinajstić information content (AvgIpc) is 1.85. The van der Waals surface area contributed by atoms with Crippen molar-refractivity contribution in [2.24, 2.45) is 4.99 Å². The van der Waals surface area contributed by atoms with Crippen LogP contribution in [0.25, 0.3) is 0 Å². The molecule has 0 aromatic rings. The SMILES string of the molecule is FC(F)(F)SCCCN=C=S. The van der Waals surface area contributed by atoms with Crippen molar-refractivity contribution in [2.75, 3.05) is 12.3 Å². The molecular formula is C5H6F3NS2. The van der Waals surface area contributed by atoms with E-state index in [9.17, 15) is 13.2 Å². The fraction of sp³-hybridized carbons (Fsp3) is 0.800. The Morgan fingerprint density at radius 1 is 1.45 bits per heavy atom. The van der Waals surface area contributed by atoms with Gasteiger partial charge in [-0.1, -0.05) is 11.8 Å². The van der Waals surface area contributed by atoms with Crippen LogP contribution in [-0.2, 0) is 0 Å². The van der Waals surface area contributed by atoms with Gasteiger partial charge in [-0.15, -0.1) is 0 Å². The molecule has 0 amide bonds. The molecule has 0 saturated heterocycles. The topological polar surface area (TPSA) is 12.4 Å². The van der Waals surface area contributed by atoms with E-state index in [0.29, 0.717) is 13.0 Å². The normalized spacial score (nSPS) is 10.8. The van der Waals surface area contributed by atoms with Gasteiger partial charge in [0.25, 0.3) is 0 Å². The van der Waals surface area contributed by atoms with Crippen LogP contribution in [0.15, 0.2) is 4.99 Å². The van der Waals surface area contributed by atoms with E-state index >= 15 is 0 Å². The van der Waals surface area contributed by atoms with Crippen LogP contribution < -0.4 is 0 Å². The van der Waals surface area contributed by atoms with Crippen molar-refractivity contribution in [3.63, 3.8) is 0 Å². The van der Waals surface area contributed by atoms with E-state index in [1.165, 1.54) is 0 Å². The molecule has 0 rings (SSSR count). The third-order valence-electron chi connectivity index (χ3n) is 0.745. The summed E-state index contributed by atoms with van der Waals surface area (Å²) in [5.74, 6) is 0.0318.